The summed E-state index contributed by atoms with van der Waals surface area (Å²) in [5.74, 6) is -0.901. The van der Waals surface area contributed by atoms with Crippen molar-refractivity contribution in [2.75, 3.05) is 19.8 Å². The molecular formula is C13H20O4. The fourth-order valence-corrected chi connectivity index (χ4v) is 2.63. The first-order valence-electron chi connectivity index (χ1n) is 6.23. The first kappa shape index (κ1) is 12.6. The van der Waals surface area contributed by atoms with Gasteiger partial charge in [-0.25, -0.2) is 0 Å². The summed E-state index contributed by atoms with van der Waals surface area (Å²) in [6.07, 6.45) is 6.19. The predicted octanol–water partition coefficient (Wildman–Crippen LogP) is 2.04. The molecule has 4 nitrogen and oxygen atoms in total. The van der Waals surface area contributed by atoms with Gasteiger partial charge < -0.3 is 14.2 Å². The second-order valence-electron chi connectivity index (χ2n) is 4.85. The van der Waals surface area contributed by atoms with Gasteiger partial charge in [-0.3, -0.25) is 4.79 Å². The van der Waals surface area contributed by atoms with E-state index in [1.807, 2.05) is 19.9 Å². The van der Waals surface area contributed by atoms with Gasteiger partial charge in [-0.15, -0.1) is 0 Å². The van der Waals surface area contributed by atoms with Crippen LogP contribution in [-0.4, -0.2) is 31.6 Å². The molecule has 1 saturated heterocycles. The number of ether oxygens (including phenoxy) is 3. The number of esters is 1. The van der Waals surface area contributed by atoms with E-state index in [9.17, 15) is 4.79 Å². The Balaban J connectivity index is 2.15. The Morgan fingerprint density at radius 2 is 2.12 bits per heavy atom. The van der Waals surface area contributed by atoms with E-state index in [0.717, 1.165) is 12.8 Å². The van der Waals surface area contributed by atoms with Gasteiger partial charge in [0.25, 0.3) is 0 Å². The minimum absolute atomic E-state index is 0.177. The van der Waals surface area contributed by atoms with E-state index in [-0.39, 0.29) is 11.4 Å². The Kier molecular flexibility index (Phi) is 3.54. The van der Waals surface area contributed by atoms with Gasteiger partial charge in [-0.1, -0.05) is 13.0 Å². The minimum atomic E-state index is -0.724. The van der Waals surface area contributed by atoms with Crippen LogP contribution in [0.1, 0.15) is 33.1 Å². The molecule has 1 heterocycles. The maximum atomic E-state index is 11.7. The highest BCUT2D eigenvalue weighted by molar-refractivity contribution is 5.70. The molecule has 2 rings (SSSR count). The zero-order chi connectivity index (χ0) is 12.4. The molecule has 1 aliphatic heterocycles. The number of rotatable bonds is 3. The summed E-state index contributed by atoms with van der Waals surface area (Å²) in [6.45, 7) is 5.45. The van der Waals surface area contributed by atoms with Crippen molar-refractivity contribution in [3.63, 3.8) is 0 Å². The van der Waals surface area contributed by atoms with Crippen molar-refractivity contribution in [1.29, 1.82) is 0 Å². The Bertz CT molecular complexity index is 317. The second kappa shape index (κ2) is 4.78. The molecule has 0 N–H and O–H groups in total. The molecule has 1 aliphatic carbocycles. The van der Waals surface area contributed by atoms with Crippen LogP contribution in [0.15, 0.2) is 12.2 Å². The maximum absolute atomic E-state index is 11.7. The Hall–Kier alpha value is -0.870. The zero-order valence-corrected chi connectivity index (χ0v) is 10.5. The van der Waals surface area contributed by atoms with E-state index >= 15 is 0 Å². The van der Waals surface area contributed by atoms with Crippen molar-refractivity contribution < 1.29 is 19.0 Å². The average Bonchev–Trinajstić information content (AvgIpc) is 2.73. The van der Waals surface area contributed by atoms with Gasteiger partial charge in [0.2, 0.25) is 0 Å². The number of carbonyl (C=O) groups excluding carboxylic acids is 1. The van der Waals surface area contributed by atoms with Gasteiger partial charge in [-0.2, -0.15) is 0 Å². The van der Waals surface area contributed by atoms with E-state index in [4.69, 9.17) is 14.2 Å². The minimum Gasteiger partial charge on any atom is -0.466 e. The third kappa shape index (κ3) is 2.24. The fourth-order valence-electron chi connectivity index (χ4n) is 2.63. The molecule has 2 aliphatic rings. The summed E-state index contributed by atoms with van der Waals surface area (Å²) < 4.78 is 16.6. The molecular weight excluding hydrogens is 220 g/mol. The lowest BCUT2D eigenvalue weighted by Crippen LogP contribution is -2.49. The van der Waals surface area contributed by atoms with Crippen LogP contribution >= 0.6 is 0 Å². The van der Waals surface area contributed by atoms with Crippen LogP contribution in [0, 0.1) is 5.41 Å². The Morgan fingerprint density at radius 3 is 2.76 bits per heavy atom. The van der Waals surface area contributed by atoms with Crippen LogP contribution in [0.25, 0.3) is 0 Å². The van der Waals surface area contributed by atoms with E-state index in [2.05, 4.69) is 6.08 Å². The highest BCUT2D eigenvalue weighted by Gasteiger charge is 2.53. The van der Waals surface area contributed by atoms with Crippen LogP contribution in [0.5, 0.6) is 0 Å². The first-order valence-corrected chi connectivity index (χ1v) is 6.23. The molecule has 1 fully saturated rings. The standard InChI is InChI=1S/C13H20O4/c1-3-15-11(14)10-12(2)6-4-5-7-13(12)16-8-9-17-13/h5,7H,3-4,6,8-10H2,1-2H3. The van der Waals surface area contributed by atoms with Crippen molar-refractivity contribution in [2.45, 2.75) is 38.9 Å². The van der Waals surface area contributed by atoms with Crippen LogP contribution in [0.3, 0.4) is 0 Å². The van der Waals surface area contributed by atoms with Crippen molar-refractivity contribution in [3.8, 4) is 0 Å². The van der Waals surface area contributed by atoms with Crippen molar-refractivity contribution >= 4 is 5.97 Å². The Morgan fingerprint density at radius 1 is 1.41 bits per heavy atom. The van der Waals surface area contributed by atoms with Crippen LogP contribution < -0.4 is 0 Å². The highest BCUT2D eigenvalue weighted by Crippen LogP contribution is 2.48. The molecule has 0 bridgehead atoms. The van der Waals surface area contributed by atoms with Gasteiger partial charge in [0.05, 0.1) is 26.2 Å². The van der Waals surface area contributed by atoms with Crippen molar-refractivity contribution in [1.82, 2.24) is 0 Å². The van der Waals surface area contributed by atoms with Gasteiger partial charge >= 0.3 is 5.97 Å². The lowest BCUT2D eigenvalue weighted by molar-refractivity contribution is -0.209. The fraction of sp³-hybridized carbons (Fsp3) is 0.769. The monoisotopic (exact) mass is 240 g/mol. The summed E-state index contributed by atoms with van der Waals surface area (Å²) in [6, 6.07) is 0. The molecule has 0 aromatic heterocycles. The van der Waals surface area contributed by atoms with Crippen molar-refractivity contribution in [2.24, 2.45) is 5.41 Å². The molecule has 1 spiro atoms. The topological polar surface area (TPSA) is 44.8 Å². The molecule has 1 unspecified atom stereocenters. The van der Waals surface area contributed by atoms with Gasteiger partial charge in [0, 0.05) is 5.41 Å². The molecule has 0 radical (unpaired) electrons. The summed E-state index contributed by atoms with van der Waals surface area (Å²) in [7, 11) is 0. The molecule has 96 valence electrons. The maximum Gasteiger partial charge on any atom is 0.306 e. The number of allylic oxidation sites excluding steroid dienone is 1. The average molecular weight is 240 g/mol. The third-order valence-electron chi connectivity index (χ3n) is 3.60. The molecule has 0 saturated carbocycles. The third-order valence-corrected chi connectivity index (χ3v) is 3.60. The summed E-state index contributed by atoms with van der Waals surface area (Å²) in [4.78, 5) is 11.7. The number of hydrogen-bond acceptors (Lipinski definition) is 4. The first-order chi connectivity index (χ1) is 8.12. The molecule has 1 atom stereocenters. The summed E-state index contributed by atoms with van der Waals surface area (Å²) in [5, 5.41) is 0. The summed E-state index contributed by atoms with van der Waals surface area (Å²) >= 11 is 0. The quantitative estimate of drug-likeness (QED) is 0.559. The molecule has 0 aromatic rings. The van der Waals surface area contributed by atoms with E-state index in [1.165, 1.54) is 0 Å². The highest BCUT2D eigenvalue weighted by atomic mass is 16.7. The van der Waals surface area contributed by atoms with Crippen LogP contribution in [0.2, 0.25) is 0 Å². The summed E-state index contributed by atoms with van der Waals surface area (Å²) in [5.41, 5.74) is -0.329. The Labute approximate surface area is 102 Å². The molecule has 0 amide bonds. The molecule has 17 heavy (non-hydrogen) atoms. The largest absolute Gasteiger partial charge is 0.466 e. The van der Waals surface area contributed by atoms with E-state index in [0.29, 0.717) is 26.2 Å². The smallest absolute Gasteiger partial charge is 0.306 e. The van der Waals surface area contributed by atoms with Crippen LogP contribution in [0.4, 0.5) is 0 Å². The molecule has 0 aromatic carbocycles. The number of carbonyl (C=O) groups is 1. The lowest BCUT2D eigenvalue weighted by Gasteiger charge is -2.44. The van der Waals surface area contributed by atoms with Crippen LogP contribution in [-0.2, 0) is 19.0 Å². The SMILES string of the molecule is CCOC(=O)CC1(C)CCC=CC12OCCO2. The van der Waals surface area contributed by atoms with Gasteiger partial charge in [0.1, 0.15) is 0 Å². The van der Waals surface area contributed by atoms with Gasteiger partial charge in [0.15, 0.2) is 5.79 Å². The predicted molar refractivity (Wildman–Crippen MR) is 62.4 cm³/mol. The van der Waals surface area contributed by atoms with E-state index in [1.54, 1.807) is 0 Å². The second-order valence-corrected chi connectivity index (χ2v) is 4.85. The van der Waals surface area contributed by atoms with Crippen molar-refractivity contribution in [3.05, 3.63) is 12.2 Å². The number of hydrogen-bond donors (Lipinski definition) is 0. The lowest BCUT2D eigenvalue weighted by atomic mass is 9.71. The molecule has 4 heteroatoms. The normalized spacial score (nSPS) is 30.7. The zero-order valence-electron chi connectivity index (χ0n) is 10.5. The van der Waals surface area contributed by atoms with Gasteiger partial charge in [-0.05, 0) is 25.8 Å². The van der Waals surface area contributed by atoms with E-state index < -0.39 is 5.79 Å².